The van der Waals surface area contributed by atoms with Gasteiger partial charge in [0, 0.05) is 17.2 Å². The second-order valence-electron chi connectivity index (χ2n) is 6.24. The fraction of sp³-hybridized carbons (Fsp3) is 0.263. The number of hydrogen-bond donors (Lipinski definition) is 1. The Morgan fingerprint density at radius 2 is 1.88 bits per heavy atom. The number of fused-ring (bicyclic) bond motifs is 1. The van der Waals surface area contributed by atoms with Crippen LogP contribution in [0, 0.1) is 20.8 Å². The number of aryl methyl sites for hydroxylation is 3. The van der Waals surface area contributed by atoms with E-state index in [4.69, 9.17) is 4.98 Å². The molecule has 0 spiro atoms. The molecule has 1 amide bonds. The van der Waals surface area contributed by atoms with E-state index >= 15 is 0 Å². The summed E-state index contributed by atoms with van der Waals surface area (Å²) < 4.78 is 2.22. The molecule has 2 aromatic carbocycles. The maximum absolute atomic E-state index is 12.4. The van der Waals surface area contributed by atoms with E-state index < -0.39 is 0 Å². The second-order valence-corrected chi connectivity index (χ2v) is 8.07. The quantitative estimate of drug-likeness (QED) is 0.644. The zero-order valence-electron chi connectivity index (χ0n) is 14.7. The molecule has 0 aliphatic heterocycles. The summed E-state index contributed by atoms with van der Waals surface area (Å²) in [5.41, 5.74) is 5.29. The summed E-state index contributed by atoms with van der Waals surface area (Å²) >= 11 is 5.09. The average molecular weight is 418 g/mol. The minimum atomic E-state index is -0.0584. The SMILES string of the molecule is Cc1cc(NC(=O)CN(C)c2nc3c(C)ccc(C)c3s2)ccc1Br. The summed E-state index contributed by atoms with van der Waals surface area (Å²) in [7, 11) is 1.90. The summed E-state index contributed by atoms with van der Waals surface area (Å²) in [4.78, 5) is 19.0. The summed E-state index contributed by atoms with van der Waals surface area (Å²) in [6, 6.07) is 9.98. The molecule has 0 bridgehead atoms. The van der Waals surface area contributed by atoms with E-state index in [0.717, 1.165) is 31.9 Å². The highest BCUT2D eigenvalue weighted by atomic mass is 79.9. The van der Waals surface area contributed by atoms with E-state index in [1.54, 1.807) is 11.3 Å². The van der Waals surface area contributed by atoms with Gasteiger partial charge in [0.25, 0.3) is 0 Å². The van der Waals surface area contributed by atoms with Crippen molar-refractivity contribution in [2.75, 3.05) is 23.8 Å². The molecule has 0 saturated heterocycles. The number of halogens is 1. The van der Waals surface area contributed by atoms with Crippen LogP contribution in [0.1, 0.15) is 16.7 Å². The first kappa shape index (κ1) is 17.9. The van der Waals surface area contributed by atoms with Crippen LogP contribution >= 0.6 is 27.3 Å². The largest absolute Gasteiger partial charge is 0.342 e. The number of nitrogens with one attached hydrogen (secondary N) is 1. The Hall–Kier alpha value is -1.92. The first-order valence-corrected chi connectivity index (χ1v) is 9.60. The molecule has 0 fully saturated rings. The number of carbonyl (C=O) groups is 1. The van der Waals surface area contributed by atoms with E-state index in [1.165, 1.54) is 10.3 Å². The molecule has 0 radical (unpaired) electrons. The summed E-state index contributed by atoms with van der Waals surface area (Å²) in [6.45, 7) is 6.41. The molecule has 0 aliphatic carbocycles. The highest BCUT2D eigenvalue weighted by Gasteiger charge is 2.14. The molecular formula is C19H20BrN3OS. The molecule has 3 rings (SSSR count). The Morgan fingerprint density at radius 3 is 2.56 bits per heavy atom. The van der Waals surface area contributed by atoms with Gasteiger partial charge >= 0.3 is 0 Å². The Bertz CT molecular complexity index is 912. The van der Waals surface area contributed by atoms with Gasteiger partial charge in [-0.15, -0.1) is 0 Å². The van der Waals surface area contributed by atoms with Gasteiger partial charge in [0.2, 0.25) is 5.91 Å². The van der Waals surface area contributed by atoms with E-state index in [-0.39, 0.29) is 12.5 Å². The highest BCUT2D eigenvalue weighted by Crippen LogP contribution is 2.32. The zero-order valence-corrected chi connectivity index (χ0v) is 17.1. The summed E-state index contributed by atoms with van der Waals surface area (Å²) in [5, 5.41) is 3.80. The van der Waals surface area contributed by atoms with E-state index in [0.29, 0.717) is 0 Å². The van der Waals surface area contributed by atoms with Crippen LogP contribution in [0.2, 0.25) is 0 Å². The average Bonchev–Trinajstić information content (AvgIpc) is 3.01. The van der Waals surface area contributed by atoms with Gasteiger partial charge < -0.3 is 10.2 Å². The van der Waals surface area contributed by atoms with Crippen LogP contribution in [-0.4, -0.2) is 24.5 Å². The molecule has 6 heteroatoms. The predicted molar refractivity (Wildman–Crippen MR) is 110 cm³/mol. The van der Waals surface area contributed by atoms with Crippen molar-refractivity contribution in [1.29, 1.82) is 0 Å². The maximum atomic E-state index is 12.4. The van der Waals surface area contributed by atoms with E-state index in [1.807, 2.05) is 37.1 Å². The number of amides is 1. The minimum Gasteiger partial charge on any atom is -0.342 e. The summed E-state index contributed by atoms with van der Waals surface area (Å²) in [6.07, 6.45) is 0. The minimum absolute atomic E-state index is 0.0584. The predicted octanol–water partition coefficient (Wildman–Crippen LogP) is 5.06. The van der Waals surface area contributed by atoms with Crippen molar-refractivity contribution in [2.24, 2.45) is 0 Å². The lowest BCUT2D eigenvalue weighted by molar-refractivity contribution is -0.114. The third-order valence-electron chi connectivity index (χ3n) is 4.08. The number of thiazole rings is 1. The van der Waals surface area contributed by atoms with E-state index in [9.17, 15) is 4.79 Å². The lowest BCUT2D eigenvalue weighted by atomic mass is 10.1. The molecule has 0 saturated carbocycles. The highest BCUT2D eigenvalue weighted by molar-refractivity contribution is 9.10. The van der Waals surface area contributed by atoms with Crippen LogP contribution in [0.4, 0.5) is 10.8 Å². The van der Waals surface area contributed by atoms with Crippen molar-refractivity contribution in [3.8, 4) is 0 Å². The van der Waals surface area contributed by atoms with Gasteiger partial charge in [-0.2, -0.15) is 0 Å². The molecule has 0 aliphatic rings. The van der Waals surface area contributed by atoms with Crippen molar-refractivity contribution in [2.45, 2.75) is 20.8 Å². The smallest absolute Gasteiger partial charge is 0.243 e. The Labute approximate surface area is 160 Å². The Balaban J connectivity index is 1.74. The Kier molecular flexibility index (Phi) is 5.11. The lowest BCUT2D eigenvalue weighted by Gasteiger charge is -2.15. The first-order chi connectivity index (χ1) is 11.8. The van der Waals surface area contributed by atoms with Crippen LogP contribution in [0.5, 0.6) is 0 Å². The monoisotopic (exact) mass is 417 g/mol. The van der Waals surface area contributed by atoms with Crippen LogP contribution in [0.3, 0.4) is 0 Å². The van der Waals surface area contributed by atoms with Crippen molar-refractivity contribution in [3.63, 3.8) is 0 Å². The molecule has 4 nitrogen and oxygen atoms in total. The third kappa shape index (κ3) is 3.85. The number of anilines is 2. The molecular weight excluding hydrogens is 398 g/mol. The number of carbonyl (C=O) groups excluding carboxylic acids is 1. The molecule has 0 unspecified atom stereocenters. The third-order valence-corrected chi connectivity index (χ3v) is 6.27. The van der Waals surface area contributed by atoms with E-state index in [2.05, 4.69) is 47.2 Å². The number of aromatic nitrogens is 1. The van der Waals surface area contributed by atoms with Gasteiger partial charge in [0.15, 0.2) is 5.13 Å². The number of rotatable bonds is 4. The zero-order chi connectivity index (χ0) is 18.1. The lowest BCUT2D eigenvalue weighted by Crippen LogP contribution is -2.29. The summed E-state index contributed by atoms with van der Waals surface area (Å²) in [5.74, 6) is -0.0584. The maximum Gasteiger partial charge on any atom is 0.243 e. The first-order valence-electron chi connectivity index (χ1n) is 7.99. The van der Waals surface area contributed by atoms with Gasteiger partial charge in [-0.3, -0.25) is 4.79 Å². The van der Waals surface area contributed by atoms with Gasteiger partial charge in [0.05, 0.1) is 16.8 Å². The molecule has 1 N–H and O–H groups in total. The molecule has 25 heavy (non-hydrogen) atoms. The van der Waals surface area contributed by atoms with Crippen molar-refractivity contribution >= 4 is 54.2 Å². The fourth-order valence-corrected chi connectivity index (χ4v) is 3.94. The van der Waals surface area contributed by atoms with Gasteiger partial charge in [-0.05, 0) is 55.7 Å². The fourth-order valence-electron chi connectivity index (χ4n) is 2.62. The van der Waals surface area contributed by atoms with Crippen LogP contribution in [0.15, 0.2) is 34.8 Å². The van der Waals surface area contributed by atoms with Crippen molar-refractivity contribution in [3.05, 3.63) is 51.5 Å². The van der Waals surface area contributed by atoms with Crippen LogP contribution < -0.4 is 10.2 Å². The van der Waals surface area contributed by atoms with Gasteiger partial charge in [-0.25, -0.2) is 4.98 Å². The molecule has 3 aromatic rings. The standard InChI is InChI=1S/C19H20BrN3OS/c1-11-5-6-12(2)18-17(11)22-19(25-18)23(4)10-16(24)21-14-7-8-15(20)13(3)9-14/h5-9H,10H2,1-4H3,(H,21,24). The Morgan fingerprint density at radius 1 is 1.16 bits per heavy atom. The van der Waals surface area contributed by atoms with Crippen LogP contribution in [-0.2, 0) is 4.79 Å². The number of hydrogen-bond acceptors (Lipinski definition) is 4. The number of likely N-dealkylation sites (N-methyl/N-ethyl adjacent to an activating group) is 1. The molecule has 1 heterocycles. The van der Waals surface area contributed by atoms with Gasteiger partial charge in [-0.1, -0.05) is 39.4 Å². The number of benzene rings is 2. The number of nitrogens with zero attached hydrogens (tertiary/aromatic N) is 2. The molecule has 0 atom stereocenters. The van der Waals surface area contributed by atoms with Gasteiger partial charge in [0.1, 0.15) is 0 Å². The van der Waals surface area contributed by atoms with Crippen molar-refractivity contribution < 1.29 is 4.79 Å². The molecule has 1 aromatic heterocycles. The molecule has 130 valence electrons. The topological polar surface area (TPSA) is 45.2 Å². The van der Waals surface area contributed by atoms with Crippen LogP contribution in [0.25, 0.3) is 10.2 Å². The second kappa shape index (κ2) is 7.14. The van der Waals surface area contributed by atoms with Crippen molar-refractivity contribution in [1.82, 2.24) is 4.98 Å². The normalized spacial score (nSPS) is 10.9.